The van der Waals surface area contributed by atoms with Crippen molar-refractivity contribution in [3.8, 4) is 0 Å². The first-order valence-corrected chi connectivity index (χ1v) is 4.67. The number of benzene rings is 1. The Labute approximate surface area is 79.5 Å². The molecule has 0 fully saturated rings. The Hall–Kier alpha value is -1.31. The van der Waals surface area contributed by atoms with Gasteiger partial charge in [0.05, 0.1) is 6.54 Å². The van der Waals surface area contributed by atoms with E-state index in [-0.39, 0.29) is 0 Å². The SMILES string of the molecule is CC.Cc1ccc2c(c1)CN=C2N. The van der Waals surface area contributed by atoms with E-state index in [0.717, 1.165) is 12.1 Å². The number of rotatable bonds is 0. The number of aryl methyl sites for hydroxylation is 1. The molecule has 0 unspecified atom stereocenters. The topological polar surface area (TPSA) is 38.4 Å². The molecule has 2 N–H and O–H groups in total. The molecule has 0 aliphatic carbocycles. The number of aliphatic imine (C=N–C) groups is 1. The molecular weight excluding hydrogens is 160 g/mol. The lowest BCUT2D eigenvalue weighted by Gasteiger charge is -1.98. The predicted octanol–water partition coefficient (Wildman–Crippen LogP) is 2.24. The van der Waals surface area contributed by atoms with Crippen LogP contribution in [0.2, 0.25) is 0 Å². The summed E-state index contributed by atoms with van der Waals surface area (Å²) < 4.78 is 0. The summed E-state index contributed by atoms with van der Waals surface area (Å²) >= 11 is 0. The summed E-state index contributed by atoms with van der Waals surface area (Å²) in [6.45, 7) is 6.83. The van der Waals surface area contributed by atoms with Crippen molar-refractivity contribution in [3.63, 3.8) is 0 Å². The van der Waals surface area contributed by atoms with Gasteiger partial charge in [-0.25, -0.2) is 0 Å². The molecule has 1 aliphatic rings. The minimum absolute atomic E-state index is 0.681. The molecule has 1 aliphatic heterocycles. The maximum Gasteiger partial charge on any atom is 0.126 e. The Kier molecular flexibility index (Phi) is 3.07. The molecule has 1 aromatic rings. The van der Waals surface area contributed by atoms with Crippen LogP contribution in [-0.2, 0) is 6.54 Å². The Morgan fingerprint density at radius 1 is 1.31 bits per heavy atom. The van der Waals surface area contributed by atoms with E-state index in [1.807, 2.05) is 19.9 Å². The fourth-order valence-electron chi connectivity index (χ4n) is 1.36. The third-order valence-electron chi connectivity index (χ3n) is 1.96. The van der Waals surface area contributed by atoms with Crippen LogP contribution < -0.4 is 5.73 Å². The van der Waals surface area contributed by atoms with E-state index in [0.29, 0.717) is 5.84 Å². The highest BCUT2D eigenvalue weighted by molar-refractivity contribution is 6.00. The maximum atomic E-state index is 5.65. The molecule has 13 heavy (non-hydrogen) atoms. The molecule has 0 saturated heterocycles. The van der Waals surface area contributed by atoms with Crippen molar-refractivity contribution in [3.05, 3.63) is 34.9 Å². The second kappa shape index (κ2) is 4.08. The van der Waals surface area contributed by atoms with Gasteiger partial charge in [0.1, 0.15) is 5.84 Å². The smallest absolute Gasteiger partial charge is 0.126 e. The van der Waals surface area contributed by atoms with Gasteiger partial charge in [0, 0.05) is 5.56 Å². The first-order chi connectivity index (χ1) is 6.27. The van der Waals surface area contributed by atoms with Crippen molar-refractivity contribution in [2.45, 2.75) is 27.3 Å². The van der Waals surface area contributed by atoms with Gasteiger partial charge in [0.15, 0.2) is 0 Å². The van der Waals surface area contributed by atoms with Gasteiger partial charge < -0.3 is 5.73 Å². The Bertz CT molecular complexity index is 327. The first-order valence-electron chi connectivity index (χ1n) is 4.67. The van der Waals surface area contributed by atoms with E-state index in [1.165, 1.54) is 11.1 Å². The molecule has 70 valence electrons. The highest BCUT2D eigenvalue weighted by Crippen LogP contribution is 2.17. The lowest BCUT2D eigenvalue weighted by atomic mass is 10.1. The summed E-state index contributed by atoms with van der Waals surface area (Å²) in [5.74, 6) is 0.681. The van der Waals surface area contributed by atoms with E-state index in [9.17, 15) is 0 Å². The number of amidine groups is 1. The standard InChI is InChI=1S/C9H10N2.C2H6/c1-6-2-3-8-7(4-6)5-11-9(8)10;1-2/h2-4H,5H2,1H3,(H2,10,11);1-2H3. The Morgan fingerprint density at radius 2 is 2.00 bits per heavy atom. The van der Waals surface area contributed by atoms with Crippen molar-refractivity contribution in [2.75, 3.05) is 0 Å². The van der Waals surface area contributed by atoms with Gasteiger partial charge in [-0.15, -0.1) is 0 Å². The fourth-order valence-corrected chi connectivity index (χ4v) is 1.36. The number of hydrogen-bond donors (Lipinski definition) is 1. The average Bonchev–Trinajstić information content (AvgIpc) is 2.51. The molecule has 0 saturated carbocycles. The molecule has 0 bridgehead atoms. The van der Waals surface area contributed by atoms with Crippen LogP contribution in [0.4, 0.5) is 0 Å². The van der Waals surface area contributed by atoms with Crippen LogP contribution >= 0.6 is 0 Å². The maximum absolute atomic E-state index is 5.65. The van der Waals surface area contributed by atoms with Crippen LogP contribution in [0.15, 0.2) is 23.2 Å². The third-order valence-corrected chi connectivity index (χ3v) is 1.96. The fraction of sp³-hybridized carbons (Fsp3) is 0.364. The van der Waals surface area contributed by atoms with Gasteiger partial charge in [0.25, 0.3) is 0 Å². The zero-order valence-corrected chi connectivity index (χ0v) is 8.46. The molecule has 0 radical (unpaired) electrons. The van der Waals surface area contributed by atoms with Crippen LogP contribution in [0.25, 0.3) is 0 Å². The molecule has 2 rings (SSSR count). The number of nitrogens with zero attached hydrogens (tertiary/aromatic N) is 1. The molecule has 0 spiro atoms. The lowest BCUT2D eigenvalue weighted by molar-refractivity contribution is 1.10. The minimum Gasteiger partial charge on any atom is -0.383 e. The molecule has 1 heterocycles. The van der Waals surface area contributed by atoms with E-state index in [1.54, 1.807) is 0 Å². The molecule has 2 nitrogen and oxygen atoms in total. The zero-order valence-electron chi connectivity index (χ0n) is 8.46. The normalized spacial score (nSPS) is 12.7. The summed E-state index contributed by atoms with van der Waals surface area (Å²) in [4.78, 5) is 4.14. The zero-order chi connectivity index (χ0) is 9.84. The third kappa shape index (κ3) is 1.89. The van der Waals surface area contributed by atoms with Gasteiger partial charge in [0.2, 0.25) is 0 Å². The average molecular weight is 176 g/mol. The van der Waals surface area contributed by atoms with Crippen molar-refractivity contribution in [1.29, 1.82) is 0 Å². The molecule has 1 aromatic carbocycles. The van der Waals surface area contributed by atoms with Gasteiger partial charge in [-0.2, -0.15) is 0 Å². The van der Waals surface area contributed by atoms with Crippen molar-refractivity contribution >= 4 is 5.84 Å². The molecular formula is C11H16N2. The van der Waals surface area contributed by atoms with Gasteiger partial charge in [-0.1, -0.05) is 37.6 Å². The van der Waals surface area contributed by atoms with Crippen molar-refractivity contribution in [1.82, 2.24) is 0 Å². The second-order valence-electron chi connectivity index (χ2n) is 2.86. The van der Waals surface area contributed by atoms with Crippen molar-refractivity contribution < 1.29 is 0 Å². The summed E-state index contributed by atoms with van der Waals surface area (Å²) in [6, 6.07) is 6.24. The van der Waals surface area contributed by atoms with Gasteiger partial charge in [-0.05, 0) is 12.5 Å². The minimum atomic E-state index is 0.681. The van der Waals surface area contributed by atoms with Crippen LogP contribution in [0.1, 0.15) is 30.5 Å². The monoisotopic (exact) mass is 176 g/mol. The van der Waals surface area contributed by atoms with E-state index < -0.39 is 0 Å². The summed E-state index contributed by atoms with van der Waals surface area (Å²) in [5, 5.41) is 0. The molecule has 0 atom stereocenters. The van der Waals surface area contributed by atoms with Gasteiger partial charge in [-0.3, -0.25) is 4.99 Å². The Morgan fingerprint density at radius 3 is 2.69 bits per heavy atom. The second-order valence-corrected chi connectivity index (χ2v) is 2.86. The number of fused-ring (bicyclic) bond motifs is 1. The first kappa shape index (κ1) is 9.78. The number of nitrogens with two attached hydrogens (primary N) is 1. The number of hydrogen-bond acceptors (Lipinski definition) is 2. The summed E-state index contributed by atoms with van der Waals surface area (Å²) in [7, 11) is 0. The summed E-state index contributed by atoms with van der Waals surface area (Å²) in [5.41, 5.74) is 9.28. The van der Waals surface area contributed by atoms with Crippen LogP contribution in [0.3, 0.4) is 0 Å². The summed E-state index contributed by atoms with van der Waals surface area (Å²) in [6.07, 6.45) is 0. The molecule has 2 heteroatoms. The van der Waals surface area contributed by atoms with Crippen molar-refractivity contribution in [2.24, 2.45) is 10.7 Å². The van der Waals surface area contributed by atoms with Gasteiger partial charge >= 0.3 is 0 Å². The largest absolute Gasteiger partial charge is 0.383 e. The molecule has 0 aromatic heterocycles. The van der Waals surface area contributed by atoms with Crippen LogP contribution in [0.5, 0.6) is 0 Å². The van der Waals surface area contributed by atoms with Crippen LogP contribution in [0, 0.1) is 6.92 Å². The van der Waals surface area contributed by atoms with Crippen LogP contribution in [-0.4, -0.2) is 5.84 Å². The van der Waals surface area contributed by atoms with E-state index in [2.05, 4.69) is 24.0 Å². The Balaban J connectivity index is 0.000000396. The quantitative estimate of drug-likeness (QED) is 0.647. The van der Waals surface area contributed by atoms with E-state index in [4.69, 9.17) is 5.73 Å². The lowest BCUT2D eigenvalue weighted by Crippen LogP contribution is -2.10. The highest BCUT2D eigenvalue weighted by atomic mass is 14.9. The van der Waals surface area contributed by atoms with E-state index >= 15 is 0 Å². The highest BCUT2D eigenvalue weighted by Gasteiger charge is 2.11. The predicted molar refractivity (Wildman–Crippen MR) is 57.0 cm³/mol. The molecule has 0 amide bonds.